The van der Waals surface area contributed by atoms with Crippen LogP contribution in [0.4, 0.5) is 4.79 Å². The molecule has 0 unspecified atom stereocenters. The molecule has 0 aliphatic carbocycles. The van der Waals surface area contributed by atoms with E-state index in [-0.39, 0.29) is 0 Å². The molecular weight excluding hydrogens is 182 g/mol. The van der Waals surface area contributed by atoms with E-state index in [9.17, 15) is 4.79 Å². The summed E-state index contributed by atoms with van der Waals surface area (Å²) in [6, 6.07) is 9.98. The second-order valence-corrected chi connectivity index (χ2v) is 2.84. The van der Waals surface area contributed by atoms with Crippen molar-refractivity contribution in [2.45, 2.75) is 12.8 Å². The Labute approximate surface area is 82.5 Å². The summed E-state index contributed by atoms with van der Waals surface area (Å²) in [7, 11) is 0. The van der Waals surface area contributed by atoms with E-state index in [1.54, 1.807) is 0 Å². The average molecular weight is 195 g/mol. The van der Waals surface area contributed by atoms with Crippen molar-refractivity contribution in [3.8, 4) is 0 Å². The molecule has 1 aromatic rings. The SMILES string of the molecule is O=C(O)NOCCCc1ccccc1. The van der Waals surface area contributed by atoms with Gasteiger partial charge in [-0.1, -0.05) is 30.3 Å². The number of amides is 1. The van der Waals surface area contributed by atoms with E-state index in [4.69, 9.17) is 5.11 Å². The van der Waals surface area contributed by atoms with E-state index in [0.717, 1.165) is 12.8 Å². The van der Waals surface area contributed by atoms with Gasteiger partial charge in [0, 0.05) is 0 Å². The van der Waals surface area contributed by atoms with Crippen molar-refractivity contribution in [3.63, 3.8) is 0 Å². The van der Waals surface area contributed by atoms with Crippen LogP contribution in [0.25, 0.3) is 0 Å². The second-order valence-electron chi connectivity index (χ2n) is 2.84. The lowest BCUT2D eigenvalue weighted by Gasteiger charge is -2.02. The van der Waals surface area contributed by atoms with Gasteiger partial charge in [0.15, 0.2) is 0 Å². The first-order valence-corrected chi connectivity index (χ1v) is 4.43. The first-order chi connectivity index (χ1) is 6.79. The lowest BCUT2D eigenvalue weighted by atomic mass is 10.1. The lowest BCUT2D eigenvalue weighted by Crippen LogP contribution is -2.21. The number of carbonyl (C=O) groups is 1. The van der Waals surface area contributed by atoms with Crippen LogP contribution in [0.5, 0.6) is 0 Å². The molecule has 14 heavy (non-hydrogen) atoms. The van der Waals surface area contributed by atoms with Crippen LogP contribution in [-0.2, 0) is 11.3 Å². The lowest BCUT2D eigenvalue weighted by molar-refractivity contribution is 0.0411. The fraction of sp³-hybridized carbons (Fsp3) is 0.300. The Morgan fingerprint density at radius 1 is 1.36 bits per heavy atom. The van der Waals surface area contributed by atoms with Crippen molar-refractivity contribution in [2.24, 2.45) is 0 Å². The summed E-state index contributed by atoms with van der Waals surface area (Å²) in [5, 5.41) is 8.19. The Kier molecular flexibility index (Phi) is 4.50. The summed E-state index contributed by atoms with van der Waals surface area (Å²) in [5.74, 6) is 0. The Hall–Kier alpha value is -1.55. The zero-order chi connectivity index (χ0) is 10.2. The van der Waals surface area contributed by atoms with Crippen molar-refractivity contribution in [1.82, 2.24) is 5.48 Å². The van der Waals surface area contributed by atoms with Gasteiger partial charge < -0.3 is 5.11 Å². The molecule has 2 N–H and O–H groups in total. The van der Waals surface area contributed by atoms with Crippen LogP contribution in [0.3, 0.4) is 0 Å². The molecule has 0 saturated heterocycles. The maximum atomic E-state index is 10.00. The molecule has 0 aliphatic heterocycles. The minimum absolute atomic E-state index is 0.390. The maximum Gasteiger partial charge on any atom is 0.428 e. The van der Waals surface area contributed by atoms with E-state index >= 15 is 0 Å². The highest BCUT2D eigenvalue weighted by Gasteiger charge is 1.94. The molecule has 1 aromatic carbocycles. The molecule has 76 valence electrons. The Balaban J connectivity index is 2.08. The van der Waals surface area contributed by atoms with Gasteiger partial charge >= 0.3 is 6.09 Å². The predicted octanol–water partition coefficient (Wildman–Crippen LogP) is 1.82. The number of benzene rings is 1. The largest absolute Gasteiger partial charge is 0.464 e. The molecule has 0 spiro atoms. The Morgan fingerprint density at radius 3 is 2.71 bits per heavy atom. The molecule has 0 radical (unpaired) electrons. The first kappa shape index (κ1) is 10.5. The topological polar surface area (TPSA) is 58.6 Å². The van der Waals surface area contributed by atoms with Crippen molar-refractivity contribution in [3.05, 3.63) is 35.9 Å². The number of rotatable bonds is 5. The number of nitrogens with one attached hydrogen (secondary N) is 1. The molecule has 4 nitrogen and oxygen atoms in total. The second kappa shape index (κ2) is 5.99. The molecule has 1 amide bonds. The fourth-order valence-corrected chi connectivity index (χ4v) is 1.11. The number of hydrogen-bond acceptors (Lipinski definition) is 2. The molecule has 0 bridgehead atoms. The third-order valence-electron chi connectivity index (χ3n) is 1.71. The van der Waals surface area contributed by atoms with Crippen molar-refractivity contribution >= 4 is 6.09 Å². The summed E-state index contributed by atoms with van der Waals surface area (Å²) < 4.78 is 0. The number of aryl methyl sites for hydroxylation is 1. The number of carboxylic acid groups (broad SMARTS) is 1. The van der Waals surface area contributed by atoms with Crippen LogP contribution in [0.2, 0.25) is 0 Å². The van der Waals surface area contributed by atoms with Crippen LogP contribution < -0.4 is 5.48 Å². The monoisotopic (exact) mass is 195 g/mol. The summed E-state index contributed by atoms with van der Waals surface area (Å²) in [4.78, 5) is 14.7. The molecule has 0 saturated carbocycles. The number of hydrogen-bond donors (Lipinski definition) is 2. The van der Waals surface area contributed by atoms with E-state index in [1.807, 2.05) is 35.8 Å². The predicted molar refractivity (Wildman–Crippen MR) is 51.9 cm³/mol. The minimum Gasteiger partial charge on any atom is -0.464 e. The van der Waals surface area contributed by atoms with Gasteiger partial charge in [0.25, 0.3) is 0 Å². The van der Waals surface area contributed by atoms with E-state index in [1.165, 1.54) is 5.56 Å². The van der Waals surface area contributed by atoms with Gasteiger partial charge in [0.1, 0.15) is 0 Å². The molecular formula is C10H13NO3. The Morgan fingerprint density at radius 2 is 2.07 bits per heavy atom. The summed E-state index contributed by atoms with van der Waals surface area (Å²) in [5.41, 5.74) is 3.08. The van der Waals surface area contributed by atoms with Gasteiger partial charge in [-0.2, -0.15) is 5.48 Å². The van der Waals surface area contributed by atoms with Gasteiger partial charge in [-0.05, 0) is 18.4 Å². The Bertz CT molecular complexity index is 274. The van der Waals surface area contributed by atoms with Crippen molar-refractivity contribution in [2.75, 3.05) is 6.61 Å². The van der Waals surface area contributed by atoms with Crippen molar-refractivity contribution in [1.29, 1.82) is 0 Å². The van der Waals surface area contributed by atoms with Gasteiger partial charge in [-0.25, -0.2) is 4.79 Å². The molecule has 0 aromatic heterocycles. The van der Waals surface area contributed by atoms with E-state index in [0.29, 0.717) is 6.61 Å². The molecule has 1 rings (SSSR count). The van der Waals surface area contributed by atoms with E-state index < -0.39 is 6.09 Å². The van der Waals surface area contributed by atoms with Crippen LogP contribution in [0.15, 0.2) is 30.3 Å². The summed E-state index contributed by atoms with van der Waals surface area (Å²) in [6.07, 6.45) is 0.525. The average Bonchev–Trinajstić information content (AvgIpc) is 2.18. The highest BCUT2D eigenvalue weighted by molar-refractivity contribution is 5.62. The molecule has 0 aliphatic rings. The molecule has 0 atom stereocenters. The zero-order valence-electron chi connectivity index (χ0n) is 7.77. The standard InChI is InChI=1S/C10H13NO3/c12-10(13)11-14-8-4-7-9-5-2-1-3-6-9/h1-3,5-6,11H,4,7-8H2,(H,12,13). The minimum atomic E-state index is -1.16. The van der Waals surface area contributed by atoms with Crippen molar-refractivity contribution < 1.29 is 14.7 Å². The highest BCUT2D eigenvalue weighted by atomic mass is 16.7. The summed E-state index contributed by atoms with van der Waals surface area (Å²) >= 11 is 0. The quantitative estimate of drug-likeness (QED) is 0.556. The zero-order valence-corrected chi connectivity index (χ0v) is 7.77. The highest BCUT2D eigenvalue weighted by Crippen LogP contribution is 2.01. The van der Waals surface area contributed by atoms with Crippen LogP contribution >= 0.6 is 0 Å². The van der Waals surface area contributed by atoms with E-state index in [2.05, 4.69) is 4.84 Å². The normalized spacial score (nSPS) is 9.71. The van der Waals surface area contributed by atoms with Gasteiger partial charge in [0.2, 0.25) is 0 Å². The molecule has 0 heterocycles. The molecule has 0 fully saturated rings. The fourth-order valence-electron chi connectivity index (χ4n) is 1.11. The van der Waals surface area contributed by atoms with Gasteiger partial charge in [-0.15, -0.1) is 0 Å². The van der Waals surface area contributed by atoms with Crippen LogP contribution in [-0.4, -0.2) is 17.8 Å². The first-order valence-electron chi connectivity index (χ1n) is 4.43. The maximum absolute atomic E-state index is 10.00. The van der Waals surface area contributed by atoms with Crippen LogP contribution in [0.1, 0.15) is 12.0 Å². The third-order valence-corrected chi connectivity index (χ3v) is 1.71. The van der Waals surface area contributed by atoms with Gasteiger partial charge in [-0.3, -0.25) is 4.84 Å². The summed E-state index contributed by atoms with van der Waals surface area (Å²) in [6.45, 7) is 0.390. The van der Waals surface area contributed by atoms with Crippen LogP contribution in [0, 0.1) is 0 Å². The number of hydroxylamine groups is 1. The molecule has 4 heteroatoms. The third kappa shape index (κ3) is 4.47. The van der Waals surface area contributed by atoms with Gasteiger partial charge in [0.05, 0.1) is 6.61 Å². The smallest absolute Gasteiger partial charge is 0.428 e.